The smallest absolute Gasteiger partial charge is 0.344 e. The Labute approximate surface area is 192 Å². The topological polar surface area (TPSA) is 84.2 Å². The Hall–Kier alpha value is -3.48. The van der Waals surface area contributed by atoms with Crippen LogP contribution in [-0.4, -0.2) is 31.4 Å². The second-order valence-electron chi connectivity index (χ2n) is 8.91. The largest absolute Gasteiger partial charge is 0.486 e. The fourth-order valence-electron chi connectivity index (χ4n) is 3.83. The molecule has 1 aromatic heterocycles. The number of hydrogen-bond acceptors (Lipinski definition) is 7. The van der Waals surface area contributed by atoms with E-state index in [9.17, 15) is 9.59 Å². The zero-order valence-corrected chi connectivity index (χ0v) is 19.6. The summed E-state index contributed by atoms with van der Waals surface area (Å²) in [4.78, 5) is 25.5. The average molecular weight is 453 g/mol. The summed E-state index contributed by atoms with van der Waals surface area (Å²) in [5, 5.41) is 0.451. The van der Waals surface area contributed by atoms with Gasteiger partial charge in [0.15, 0.2) is 18.1 Å². The van der Waals surface area contributed by atoms with E-state index in [-0.39, 0.29) is 12.0 Å². The molecule has 0 aliphatic carbocycles. The van der Waals surface area contributed by atoms with E-state index in [0.717, 1.165) is 5.56 Å². The number of benzene rings is 2. The van der Waals surface area contributed by atoms with Crippen LogP contribution in [-0.2, 0) is 16.0 Å². The van der Waals surface area contributed by atoms with E-state index < -0.39 is 11.6 Å². The summed E-state index contributed by atoms with van der Waals surface area (Å²) in [6.45, 7) is 9.85. The highest BCUT2D eigenvalue weighted by Gasteiger charge is 2.20. The van der Waals surface area contributed by atoms with Gasteiger partial charge in [0.25, 0.3) is 0 Å². The molecule has 1 aliphatic rings. The number of aryl methyl sites for hydroxylation is 2. The molecular formula is C26H28O7. The zero-order chi connectivity index (χ0) is 23.8. The highest BCUT2D eigenvalue weighted by atomic mass is 16.6. The number of fused-ring (bicyclic) bond motifs is 2. The highest BCUT2D eigenvalue weighted by Crippen LogP contribution is 2.36. The maximum atomic E-state index is 13.5. The fraction of sp³-hybridized carbons (Fsp3) is 0.385. The summed E-state index contributed by atoms with van der Waals surface area (Å²) in [6, 6.07) is 8.88. The third kappa shape index (κ3) is 4.82. The van der Waals surface area contributed by atoms with Crippen LogP contribution in [0, 0.1) is 6.92 Å². The third-order valence-electron chi connectivity index (χ3n) is 5.23. The Bertz CT molecular complexity index is 1260. The van der Waals surface area contributed by atoms with Crippen molar-refractivity contribution in [2.75, 3.05) is 19.8 Å². The number of hydrogen-bond donors (Lipinski definition) is 0. The molecule has 33 heavy (non-hydrogen) atoms. The van der Waals surface area contributed by atoms with Crippen molar-refractivity contribution < 1.29 is 28.2 Å². The molecule has 1 aliphatic heterocycles. The zero-order valence-electron chi connectivity index (χ0n) is 19.6. The minimum Gasteiger partial charge on any atom is -0.486 e. The number of carbonyl (C=O) groups excluding carboxylic acids is 1. The molecule has 2 aromatic carbocycles. The monoisotopic (exact) mass is 452 g/mol. The van der Waals surface area contributed by atoms with Crippen LogP contribution in [0.3, 0.4) is 0 Å². The molecule has 0 amide bonds. The minimum atomic E-state index is -0.592. The van der Waals surface area contributed by atoms with E-state index in [1.54, 1.807) is 52.0 Å². The van der Waals surface area contributed by atoms with E-state index in [0.29, 0.717) is 64.7 Å². The van der Waals surface area contributed by atoms with Gasteiger partial charge in [-0.3, -0.25) is 4.79 Å². The molecule has 2 heterocycles. The van der Waals surface area contributed by atoms with Gasteiger partial charge in [0.1, 0.15) is 35.9 Å². The molecule has 7 nitrogen and oxygen atoms in total. The van der Waals surface area contributed by atoms with Crippen molar-refractivity contribution in [3.63, 3.8) is 0 Å². The van der Waals surface area contributed by atoms with Crippen LogP contribution in [0.25, 0.3) is 22.1 Å². The second-order valence-corrected chi connectivity index (χ2v) is 8.91. The van der Waals surface area contributed by atoms with Gasteiger partial charge in [-0.25, -0.2) is 4.79 Å². The Kier molecular flexibility index (Phi) is 6.06. The molecule has 0 radical (unpaired) electrons. The lowest BCUT2D eigenvalue weighted by Crippen LogP contribution is -2.27. The van der Waals surface area contributed by atoms with E-state index in [4.69, 9.17) is 23.4 Å². The van der Waals surface area contributed by atoms with Crippen LogP contribution in [0.15, 0.2) is 39.5 Å². The Morgan fingerprint density at radius 3 is 2.48 bits per heavy atom. The first-order valence-electron chi connectivity index (χ1n) is 11.0. The minimum absolute atomic E-state index is 0.140. The average Bonchev–Trinajstić information content (AvgIpc) is 2.76. The number of carbonyl (C=O) groups is 1. The van der Waals surface area contributed by atoms with Gasteiger partial charge in [0.05, 0.1) is 10.9 Å². The van der Waals surface area contributed by atoms with Crippen molar-refractivity contribution in [1.82, 2.24) is 0 Å². The Balaban J connectivity index is 1.71. The first kappa shape index (κ1) is 22.7. The maximum absolute atomic E-state index is 13.5. The molecule has 0 saturated carbocycles. The summed E-state index contributed by atoms with van der Waals surface area (Å²) in [5.41, 5.74) is 1.65. The van der Waals surface area contributed by atoms with Crippen molar-refractivity contribution >= 4 is 16.9 Å². The second kappa shape index (κ2) is 8.81. The molecule has 0 N–H and O–H groups in total. The van der Waals surface area contributed by atoms with Gasteiger partial charge in [-0.1, -0.05) is 13.0 Å². The highest BCUT2D eigenvalue weighted by molar-refractivity contribution is 5.85. The summed E-state index contributed by atoms with van der Waals surface area (Å²) < 4.78 is 28.3. The molecule has 0 bridgehead atoms. The van der Waals surface area contributed by atoms with E-state index >= 15 is 0 Å². The van der Waals surface area contributed by atoms with Crippen LogP contribution in [0.4, 0.5) is 0 Å². The molecule has 0 fully saturated rings. The van der Waals surface area contributed by atoms with E-state index in [1.165, 1.54) is 0 Å². The lowest BCUT2D eigenvalue weighted by atomic mass is 10.00. The van der Waals surface area contributed by atoms with Gasteiger partial charge in [-0.05, 0) is 63.4 Å². The van der Waals surface area contributed by atoms with Crippen molar-refractivity contribution in [3.8, 4) is 28.4 Å². The summed E-state index contributed by atoms with van der Waals surface area (Å²) in [6.07, 6.45) is 0.617. The molecular weight excluding hydrogens is 424 g/mol. The summed E-state index contributed by atoms with van der Waals surface area (Å²) in [5.74, 6) is 1.78. The van der Waals surface area contributed by atoms with Gasteiger partial charge >= 0.3 is 5.97 Å². The third-order valence-corrected chi connectivity index (χ3v) is 5.23. The molecule has 4 rings (SSSR count). The van der Waals surface area contributed by atoms with Crippen LogP contribution in [0.1, 0.15) is 39.0 Å². The number of esters is 1. The van der Waals surface area contributed by atoms with E-state index in [2.05, 4.69) is 0 Å². The summed E-state index contributed by atoms with van der Waals surface area (Å²) >= 11 is 0. The fourth-order valence-corrected chi connectivity index (χ4v) is 3.83. The maximum Gasteiger partial charge on any atom is 0.344 e. The van der Waals surface area contributed by atoms with Crippen molar-refractivity contribution in [1.29, 1.82) is 0 Å². The molecule has 7 heteroatoms. The van der Waals surface area contributed by atoms with Crippen molar-refractivity contribution in [2.24, 2.45) is 0 Å². The van der Waals surface area contributed by atoms with Gasteiger partial charge in [-0.15, -0.1) is 0 Å². The molecule has 0 spiro atoms. The molecule has 0 atom stereocenters. The van der Waals surface area contributed by atoms with Crippen LogP contribution in [0.2, 0.25) is 0 Å². The standard InChI is InChI=1S/C26H28O7/c1-6-16-11-18-21(13-20(16)31-14-23(27)33-26(3,4)5)32-15(2)24(25(18)28)17-7-8-19-22(12-17)30-10-9-29-19/h7-8,11-13H,6,9-10,14H2,1-5H3. The molecule has 0 saturated heterocycles. The van der Waals surface area contributed by atoms with Gasteiger partial charge in [0, 0.05) is 6.07 Å². The van der Waals surface area contributed by atoms with Crippen LogP contribution in [0.5, 0.6) is 17.2 Å². The Morgan fingerprint density at radius 1 is 1.06 bits per heavy atom. The molecule has 0 unspecified atom stereocenters. The van der Waals surface area contributed by atoms with E-state index in [1.807, 2.05) is 13.0 Å². The lowest BCUT2D eigenvalue weighted by molar-refractivity contribution is -0.157. The quantitative estimate of drug-likeness (QED) is 0.513. The SMILES string of the molecule is CCc1cc2c(=O)c(-c3ccc4c(c3)OCCO4)c(C)oc2cc1OCC(=O)OC(C)(C)C. The number of rotatable bonds is 5. The summed E-state index contributed by atoms with van der Waals surface area (Å²) in [7, 11) is 0. The van der Waals surface area contributed by atoms with Gasteiger partial charge < -0.3 is 23.4 Å². The van der Waals surface area contributed by atoms with Crippen LogP contribution < -0.4 is 19.6 Å². The molecule has 174 valence electrons. The lowest BCUT2D eigenvalue weighted by Gasteiger charge is -2.20. The normalized spacial score (nSPS) is 13.1. The first-order valence-corrected chi connectivity index (χ1v) is 11.0. The predicted octanol–water partition coefficient (Wildman–Crippen LogP) is 4.82. The van der Waals surface area contributed by atoms with Crippen molar-refractivity contribution in [3.05, 3.63) is 51.9 Å². The van der Waals surface area contributed by atoms with Gasteiger partial charge in [0.2, 0.25) is 5.43 Å². The molecule has 3 aromatic rings. The van der Waals surface area contributed by atoms with Gasteiger partial charge in [-0.2, -0.15) is 0 Å². The Morgan fingerprint density at radius 2 is 1.79 bits per heavy atom. The number of ether oxygens (including phenoxy) is 4. The van der Waals surface area contributed by atoms with Crippen LogP contribution >= 0.6 is 0 Å². The first-order chi connectivity index (χ1) is 15.7. The predicted molar refractivity (Wildman–Crippen MR) is 124 cm³/mol. The van der Waals surface area contributed by atoms with Crippen molar-refractivity contribution in [2.45, 2.75) is 46.6 Å².